The van der Waals surface area contributed by atoms with E-state index in [1.54, 1.807) is 30.0 Å². The summed E-state index contributed by atoms with van der Waals surface area (Å²) in [5.74, 6) is -0.271. The third-order valence-corrected chi connectivity index (χ3v) is 6.66. The molecule has 1 aromatic carbocycles. The van der Waals surface area contributed by atoms with Gasteiger partial charge in [0.25, 0.3) is 0 Å². The zero-order valence-electron chi connectivity index (χ0n) is 23.7. The van der Waals surface area contributed by atoms with Crippen molar-refractivity contribution in [3.63, 3.8) is 0 Å². The minimum atomic E-state index is -0.555. The minimum absolute atomic E-state index is 0.0530. The second kappa shape index (κ2) is 12.2. The van der Waals surface area contributed by atoms with Gasteiger partial charge in [-0.3, -0.25) is 9.36 Å². The van der Waals surface area contributed by atoms with Gasteiger partial charge in [0.2, 0.25) is 5.62 Å². The van der Waals surface area contributed by atoms with Crippen LogP contribution >= 0.6 is 11.8 Å². The number of benzene rings is 1. The third kappa shape index (κ3) is 7.16. The van der Waals surface area contributed by atoms with Crippen LogP contribution in [0, 0.1) is 5.92 Å². The number of ether oxygens (including phenoxy) is 1. The van der Waals surface area contributed by atoms with Crippen molar-refractivity contribution in [2.24, 2.45) is 10.4 Å². The van der Waals surface area contributed by atoms with Crippen LogP contribution < -0.4 is 5.62 Å². The van der Waals surface area contributed by atoms with Crippen LogP contribution in [-0.4, -0.2) is 32.6 Å². The Balaban J connectivity index is 2.77. The molecule has 0 aliphatic heterocycles. The number of hydrogen-bond donors (Lipinski definition) is 1. The molecule has 0 aliphatic carbocycles. The van der Waals surface area contributed by atoms with E-state index in [9.17, 15) is 14.7 Å². The Bertz CT molecular complexity index is 1180. The number of imidazole rings is 1. The van der Waals surface area contributed by atoms with E-state index in [0.29, 0.717) is 0 Å². The maximum atomic E-state index is 13.2. The highest BCUT2D eigenvalue weighted by atomic mass is 35.5. The summed E-state index contributed by atoms with van der Waals surface area (Å²) in [6.07, 6.45) is 6.56. The first-order valence-corrected chi connectivity index (χ1v) is 13.3. The molecule has 8 heteroatoms. The normalized spacial score (nSPS) is 13.4. The summed E-state index contributed by atoms with van der Waals surface area (Å²) in [6, 6.07) is 3.77. The topological polar surface area (TPSA) is 85.8 Å². The first-order chi connectivity index (χ1) is 17.2. The number of phenolic OH excluding ortho intramolecular Hbond substituents is 1. The Kier molecular flexibility index (Phi) is 10.0. The summed E-state index contributed by atoms with van der Waals surface area (Å²) < 4.78 is 12.4. The van der Waals surface area contributed by atoms with E-state index in [-0.39, 0.29) is 52.7 Å². The highest BCUT2D eigenvalue weighted by Crippen LogP contribution is 2.40. The first kappa shape index (κ1) is 30.4. The average molecular weight is 532 g/mol. The van der Waals surface area contributed by atoms with Crippen LogP contribution in [0.3, 0.4) is 0 Å². The molecule has 0 atom stereocenters. The predicted molar refractivity (Wildman–Crippen MR) is 149 cm³/mol. The molecule has 1 aromatic heterocycles. The van der Waals surface area contributed by atoms with Crippen molar-refractivity contribution in [1.29, 1.82) is 0 Å². The molecule has 37 heavy (non-hydrogen) atoms. The van der Waals surface area contributed by atoms with Gasteiger partial charge in [-0.1, -0.05) is 55.4 Å². The quantitative estimate of drug-likeness (QED) is 0.308. The Morgan fingerprint density at radius 1 is 1.03 bits per heavy atom. The van der Waals surface area contributed by atoms with Crippen molar-refractivity contribution in [1.82, 2.24) is 9.13 Å². The van der Waals surface area contributed by atoms with E-state index in [1.807, 2.05) is 67.5 Å². The highest BCUT2D eigenvalue weighted by molar-refractivity contribution is 6.16. The number of esters is 1. The molecule has 0 saturated heterocycles. The largest absolute Gasteiger partial charge is 0.507 e. The molecule has 0 aliphatic rings. The number of aromatic hydroxyl groups is 1. The molecule has 2 aromatic rings. The smallest absolute Gasteiger partial charge is 0.355 e. The van der Waals surface area contributed by atoms with Crippen LogP contribution in [0.5, 0.6) is 5.75 Å². The van der Waals surface area contributed by atoms with Crippen molar-refractivity contribution in [2.45, 2.75) is 92.5 Å². The molecular weight excluding hydrogens is 490 g/mol. The number of rotatable bonds is 9. The van der Waals surface area contributed by atoms with Crippen molar-refractivity contribution in [3.8, 4) is 5.75 Å². The van der Waals surface area contributed by atoms with Crippen molar-refractivity contribution < 1.29 is 19.4 Å². The van der Waals surface area contributed by atoms with Gasteiger partial charge in [0.05, 0.1) is 13.2 Å². The SMILES string of the molecule is CCOC(=O)/C(=C\c1cc(C(C)(C)C)c(O)c(C(C)(C)C)c1)n1ccn(CC(=O)C(CC)CC)c1=NCl. The lowest BCUT2D eigenvalue weighted by molar-refractivity contribution is -0.136. The molecule has 0 spiro atoms. The van der Waals surface area contributed by atoms with E-state index >= 15 is 0 Å². The number of phenols is 1. The van der Waals surface area contributed by atoms with Crippen molar-refractivity contribution in [2.75, 3.05) is 6.61 Å². The fourth-order valence-electron chi connectivity index (χ4n) is 4.33. The Morgan fingerprint density at radius 2 is 1.57 bits per heavy atom. The molecule has 0 amide bonds. The molecule has 0 bridgehead atoms. The number of carbonyl (C=O) groups excluding carboxylic acids is 2. The number of Topliss-reactive ketones (excluding diaryl/α,β-unsaturated/α-hetero) is 1. The molecule has 1 heterocycles. The molecule has 0 fully saturated rings. The van der Waals surface area contributed by atoms with Crippen LogP contribution in [0.4, 0.5) is 0 Å². The summed E-state index contributed by atoms with van der Waals surface area (Å²) in [5.41, 5.74) is 2.04. The van der Waals surface area contributed by atoms with Gasteiger partial charge in [-0.15, -0.1) is 4.51 Å². The number of halogens is 1. The number of carbonyl (C=O) groups is 2. The zero-order valence-corrected chi connectivity index (χ0v) is 24.4. The van der Waals surface area contributed by atoms with E-state index in [4.69, 9.17) is 16.5 Å². The van der Waals surface area contributed by atoms with Gasteiger partial charge < -0.3 is 14.4 Å². The second-order valence-corrected chi connectivity index (χ2v) is 11.5. The minimum Gasteiger partial charge on any atom is -0.507 e. The monoisotopic (exact) mass is 531 g/mol. The van der Waals surface area contributed by atoms with Gasteiger partial charge >= 0.3 is 5.97 Å². The maximum Gasteiger partial charge on any atom is 0.355 e. The van der Waals surface area contributed by atoms with Crippen LogP contribution in [0.1, 0.15) is 91.8 Å². The summed E-state index contributed by atoms with van der Waals surface area (Å²) in [7, 11) is 0. The number of nitrogens with zero attached hydrogens (tertiary/aromatic N) is 3. The highest BCUT2D eigenvalue weighted by Gasteiger charge is 2.27. The molecule has 7 nitrogen and oxygen atoms in total. The van der Waals surface area contributed by atoms with E-state index in [1.165, 1.54) is 4.57 Å². The van der Waals surface area contributed by atoms with Gasteiger partial charge in [0.1, 0.15) is 11.4 Å². The van der Waals surface area contributed by atoms with Crippen molar-refractivity contribution >= 4 is 35.3 Å². The molecule has 1 N–H and O–H groups in total. The molecule has 2 rings (SSSR count). The van der Waals surface area contributed by atoms with Crippen LogP contribution in [0.25, 0.3) is 11.8 Å². The summed E-state index contributed by atoms with van der Waals surface area (Å²) >= 11 is 5.99. The lowest BCUT2D eigenvalue weighted by atomic mass is 9.78. The summed E-state index contributed by atoms with van der Waals surface area (Å²) in [6.45, 7) is 18.2. The first-order valence-electron chi connectivity index (χ1n) is 12.9. The molecule has 204 valence electrons. The molecular formula is C29H42ClN3O4. The lowest BCUT2D eigenvalue weighted by Crippen LogP contribution is -2.31. The van der Waals surface area contributed by atoms with Crippen molar-refractivity contribution in [3.05, 3.63) is 46.8 Å². The third-order valence-electron chi connectivity index (χ3n) is 6.51. The maximum absolute atomic E-state index is 13.2. The fraction of sp³-hybridized carbons (Fsp3) is 0.552. The van der Waals surface area contributed by atoms with Gasteiger partial charge in [-0.25, -0.2) is 4.79 Å². The standard InChI is InChI=1S/C29H42ClN3O4/c1-10-20(11-2)24(34)18-32-13-14-33(27(32)31-30)23(26(36)37-12-3)17-19-15-21(28(4,5)6)25(35)22(16-19)29(7,8)9/h13-17,20,35H,10-12,18H2,1-9H3/b23-17+,31-27?. The molecule has 0 saturated carbocycles. The van der Waals surface area contributed by atoms with E-state index in [2.05, 4.69) is 4.51 Å². The zero-order chi connectivity index (χ0) is 28.1. The Hall–Kier alpha value is -2.80. The predicted octanol–water partition coefficient (Wildman–Crippen LogP) is 6.21. The fourth-order valence-corrected chi connectivity index (χ4v) is 4.51. The van der Waals surface area contributed by atoms with Gasteiger partial charge in [-0.2, -0.15) is 0 Å². The van der Waals surface area contributed by atoms with Gasteiger partial charge in [0.15, 0.2) is 5.78 Å². The number of hydrogen-bond acceptors (Lipinski definition) is 5. The summed E-state index contributed by atoms with van der Waals surface area (Å²) in [4.78, 5) is 26.0. The second-order valence-electron chi connectivity index (χ2n) is 11.4. The Labute approximate surface area is 225 Å². The molecule has 0 radical (unpaired) electrons. The van der Waals surface area contributed by atoms with Crippen LogP contribution in [0.15, 0.2) is 29.0 Å². The number of aromatic nitrogens is 2. The average Bonchev–Trinajstić information content (AvgIpc) is 3.19. The van der Waals surface area contributed by atoms with Crippen LogP contribution in [0.2, 0.25) is 0 Å². The van der Waals surface area contributed by atoms with E-state index in [0.717, 1.165) is 29.5 Å². The summed E-state index contributed by atoms with van der Waals surface area (Å²) in [5, 5.41) is 11.1. The van der Waals surface area contributed by atoms with E-state index < -0.39 is 5.97 Å². The lowest BCUT2D eigenvalue weighted by Gasteiger charge is -2.28. The van der Waals surface area contributed by atoms with Gasteiger partial charge in [0, 0.05) is 41.2 Å². The van der Waals surface area contributed by atoms with Gasteiger partial charge in [-0.05, 0) is 54.4 Å². The number of ketones is 1. The Morgan fingerprint density at radius 3 is 2.00 bits per heavy atom. The molecule has 0 unspecified atom stereocenters. The van der Waals surface area contributed by atoms with Crippen LogP contribution in [-0.2, 0) is 31.7 Å².